The van der Waals surface area contributed by atoms with E-state index in [4.69, 9.17) is 10.4 Å². The quantitative estimate of drug-likeness (QED) is 0.742. The number of benzene rings is 1. The summed E-state index contributed by atoms with van der Waals surface area (Å²) in [5.74, 6) is 0.764. The fourth-order valence-electron chi connectivity index (χ4n) is 2.77. The largest absolute Gasteiger partial charge is 0.339 e. The van der Waals surface area contributed by atoms with Gasteiger partial charge in [-0.3, -0.25) is 0 Å². The lowest BCUT2D eigenvalue weighted by Gasteiger charge is -2.21. The first-order valence-electron chi connectivity index (χ1n) is 8.01. The molecule has 0 amide bonds. The Morgan fingerprint density at radius 3 is 2.09 bits per heavy atom. The third kappa shape index (κ3) is 3.79. The Morgan fingerprint density at radius 2 is 1.61 bits per heavy atom. The van der Waals surface area contributed by atoms with Gasteiger partial charge in [-0.05, 0) is 51.0 Å². The first kappa shape index (κ1) is 17.2. The summed E-state index contributed by atoms with van der Waals surface area (Å²) in [5.41, 5.74) is 7.08. The number of aromatic nitrogens is 1. The van der Waals surface area contributed by atoms with Crippen LogP contribution in [0.1, 0.15) is 55.6 Å². The summed E-state index contributed by atoms with van der Waals surface area (Å²) < 4.78 is 0. The summed E-state index contributed by atoms with van der Waals surface area (Å²) in [6, 6.07) is 8.35. The highest BCUT2D eigenvalue weighted by Gasteiger charge is 2.18. The third-order valence-corrected chi connectivity index (χ3v) is 3.99. The minimum Gasteiger partial charge on any atom is -0.339 e. The molecule has 0 radical (unpaired) electrons. The minimum atomic E-state index is -0.0255. The Labute approximate surface area is 139 Å². The van der Waals surface area contributed by atoms with E-state index in [9.17, 15) is 0 Å². The number of rotatable bonds is 3. The van der Waals surface area contributed by atoms with Crippen molar-refractivity contribution in [3.8, 4) is 0 Å². The number of nitrogens with one attached hydrogen (secondary N) is 2. The van der Waals surface area contributed by atoms with Crippen LogP contribution in [-0.4, -0.2) is 10.7 Å². The average Bonchev–Trinajstić information content (AvgIpc) is 2.41. The number of pyridine rings is 1. The van der Waals surface area contributed by atoms with Gasteiger partial charge in [0.15, 0.2) is 0 Å². The van der Waals surface area contributed by atoms with E-state index >= 15 is 0 Å². The van der Waals surface area contributed by atoms with Gasteiger partial charge in [-0.15, -0.1) is 0 Å². The van der Waals surface area contributed by atoms with Gasteiger partial charge in [-0.2, -0.15) is 0 Å². The SMILES string of the molecule is CC(=N)c1ccc(C(C)(C)C)nc1Nc1c(C)cc(C)cc1C. The van der Waals surface area contributed by atoms with Crippen molar-refractivity contribution in [1.29, 1.82) is 5.41 Å². The van der Waals surface area contributed by atoms with Crippen LogP contribution in [0.4, 0.5) is 11.5 Å². The molecule has 1 aromatic carbocycles. The molecule has 0 unspecified atom stereocenters. The average molecular weight is 309 g/mol. The molecule has 1 aromatic heterocycles. The van der Waals surface area contributed by atoms with E-state index < -0.39 is 0 Å². The summed E-state index contributed by atoms with van der Waals surface area (Å²) in [5, 5.41) is 11.5. The molecule has 23 heavy (non-hydrogen) atoms. The zero-order valence-electron chi connectivity index (χ0n) is 15.3. The molecule has 3 nitrogen and oxygen atoms in total. The Balaban J connectivity index is 2.56. The van der Waals surface area contributed by atoms with E-state index in [-0.39, 0.29) is 5.41 Å². The highest BCUT2D eigenvalue weighted by molar-refractivity contribution is 6.01. The number of aryl methyl sites for hydroxylation is 3. The molecule has 0 saturated carbocycles. The van der Waals surface area contributed by atoms with Crippen LogP contribution in [-0.2, 0) is 5.41 Å². The van der Waals surface area contributed by atoms with Crippen LogP contribution in [0.25, 0.3) is 0 Å². The second kappa shape index (κ2) is 6.15. The van der Waals surface area contributed by atoms with E-state index in [0.717, 1.165) is 22.8 Å². The van der Waals surface area contributed by atoms with Gasteiger partial charge in [0.1, 0.15) is 5.82 Å². The van der Waals surface area contributed by atoms with Crippen LogP contribution in [0.5, 0.6) is 0 Å². The molecular weight excluding hydrogens is 282 g/mol. The molecule has 3 heteroatoms. The van der Waals surface area contributed by atoms with Crippen LogP contribution in [0.15, 0.2) is 24.3 Å². The molecule has 0 fully saturated rings. The first-order valence-corrected chi connectivity index (χ1v) is 8.01. The second-order valence-electron chi connectivity index (χ2n) is 7.37. The lowest BCUT2D eigenvalue weighted by Crippen LogP contribution is -2.16. The smallest absolute Gasteiger partial charge is 0.139 e. The molecule has 122 valence electrons. The molecule has 0 bridgehead atoms. The van der Waals surface area contributed by atoms with Crippen LogP contribution in [0.2, 0.25) is 0 Å². The van der Waals surface area contributed by atoms with Gasteiger partial charge < -0.3 is 10.7 Å². The second-order valence-corrected chi connectivity index (χ2v) is 7.37. The maximum atomic E-state index is 8.03. The van der Waals surface area contributed by atoms with E-state index in [1.807, 2.05) is 12.1 Å². The van der Waals surface area contributed by atoms with Crippen molar-refractivity contribution < 1.29 is 0 Å². The van der Waals surface area contributed by atoms with E-state index in [2.05, 4.69) is 59.0 Å². The Hall–Kier alpha value is -2.16. The lowest BCUT2D eigenvalue weighted by atomic mass is 9.91. The fourth-order valence-corrected chi connectivity index (χ4v) is 2.77. The van der Waals surface area contributed by atoms with Crippen LogP contribution in [0, 0.1) is 26.2 Å². The van der Waals surface area contributed by atoms with Crippen LogP contribution < -0.4 is 5.32 Å². The van der Waals surface area contributed by atoms with Crippen LogP contribution in [0.3, 0.4) is 0 Å². The van der Waals surface area contributed by atoms with Crippen molar-refractivity contribution in [2.75, 3.05) is 5.32 Å². The number of anilines is 2. The molecule has 0 saturated heterocycles. The van der Waals surface area contributed by atoms with Crippen molar-refractivity contribution >= 4 is 17.2 Å². The third-order valence-electron chi connectivity index (χ3n) is 3.99. The molecule has 0 aliphatic rings. The van der Waals surface area contributed by atoms with Crippen molar-refractivity contribution in [2.45, 2.75) is 53.9 Å². The molecule has 0 aliphatic carbocycles. The Bertz CT molecular complexity index is 729. The summed E-state index contributed by atoms with van der Waals surface area (Å²) in [6.07, 6.45) is 0. The van der Waals surface area contributed by atoms with Gasteiger partial charge in [0.25, 0.3) is 0 Å². The highest BCUT2D eigenvalue weighted by Crippen LogP contribution is 2.29. The van der Waals surface area contributed by atoms with Gasteiger partial charge >= 0.3 is 0 Å². The first-order chi connectivity index (χ1) is 10.6. The standard InChI is InChI=1S/C20H27N3/c1-12-10-13(2)18(14(3)11-12)23-19-16(15(4)21)8-9-17(22-19)20(5,6)7/h8-11,21H,1-7H3,(H,22,23). The Morgan fingerprint density at radius 1 is 1.04 bits per heavy atom. The predicted octanol–water partition coefficient (Wildman–Crippen LogP) is 5.44. The zero-order valence-corrected chi connectivity index (χ0v) is 15.3. The normalized spacial score (nSPS) is 11.4. The zero-order chi connectivity index (χ0) is 17.4. The maximum Gasteiger partial charge on any atom is 0.139 e. The topological polar surface area (TPSA) is 48.8 Å². The molecule has 0 atom stereocenters. The van der Waals surface area contributed by atoms with Gasteiger partial charge in [-0.1, -0.05) is 38.5 Å². The van der Waals surface area contributed by atoms with Crippen molar-refractivity contribution in [1.82, 2.24) is 4.98 Å². The summed E-state index contributed by atoms with van der Waals surface area (Å²) in [6.45, 7) is 14.6. The molecule has 2 aromatic rings. The van der Waals surface area contributed by atoms with Crippen molar-refractivity contribution in [2.24, 2.45) is 0 Å². The minimum absolute atomic E-state index is 0.0255. The lowest BCUT2D eigenvalue weighted by molar-refractivity contribution is 0.570. The summed E-state index contributed by atoms with van der Waals surface area (Å²) in [7, 11) is 0. The molecule has 2 N–H and O–H groups in total. The van der Waals surface area contributed by atoms with E-state index in [1.54, 1.807) is 6.92 Å². The van der Waals surface area contributed by atoms with Gasteiger partial charge in [-0.25, -0.2) is 4.98 Å². The number of nitrogens with zero attached hydrogens (tertiary/aromatic N) is 1. The summed E-state index contributed by atoms with van der Waals surface area (Å²) >= 11 is 0. The highest BCUT2D eigenvalue weighted by atomic mass is 15.0. The Kier molecular flexibility index (Phi) is 4.60. The fraction of sp³-hybridized carbons (Fsp3) is 0.400. The molecule has 0 spiro atoms. The summed E-state index contributed by atoms with van der Waals surface area (Å²) in [4.78, 5) is 4.81. The maximum absolute atomic E-state index is 8.03. The van der Waals surface area contributed by atoms with E-state index in [1.165, 1.54) is 16.7 Å². The van der Waals surface area contributed by atoms with Crippen molar-refractivity contribution in [3.63, 3.8) is 0 Å². The van der Waals surface area contributed by atoms with Gasteiger partial charge in [0.2, 0.25) is 0 Å². The molecule has 1 heterocycles. The van der Waals surface area contributed by atoms with Gasteiger partial charge in [0.05, 0.1) is 0 Å². The van der Waals surface area contributed by atoms with E-state index in [0.29, 0.717) is 5.71 Å². The number of hydrogen-bond acceptors (Lipinski definition) is 3. The number of hydrogen-bond donors (Lipinski definition) is 2. The predicted molar refractivity (Wildman–Crippen MR) is 99.4 cm³/mol. The van der Waals surface area contributed by atoms with Crippen molar-refractivity contribution in [3.05, 3.63) is 52.2 Å². The monoisotopic (exact) mass is 309 g/mol. The molecule has 0 aliphatic heterocycles. The van der Waals surface area contributed by atoms with Crippen LogP contribution >= 0.6 is 0 Å². The molecular formula is C20H27N3. The van der Waals surface area contributed by atoms with Gasteiger partial charge in [0, 0.05) is 28.1 Å². The molecule has 2 rings (SSSR count).